The average Bonchev–Trinajstić information content (AvgIpc) is 3.17. The van der Waals surface area contributed by atoms with Gasteiger partial charge in [-0.05, 0) is 56.4 Å². The standard InChI is InChI=1S/C25H29N4O4/c1-16(2)27-15-18(20-5-3-4-6-22(20)27)7-10-24(30)26-12-17-11-19(14-26)21-8-9-23(29(32)33)25(31)28(21)13-17/h3-6,8-9,15-17,19,32H,7,10-14H2,1-2H3/q-1/t17-,19-/m0/s1. The van der Waals surface area contributed by atoms with Crippen molar-refractivity contribution in [3.63, 3.8) is 0 Å². The van der Waals surface area contributed by atoms with Crippen LogP contribution in [0.2, 0.25) is 0 Å². The van der Waals surface area contributed by atoms with Crippen molar-refractivity contribution in [1.82, 2.24) is 14.0 Å². The summed E-state index contributed by atoms with van der Waals surface area (Å²) in [6.07, 6.45) is 4.24. The summed E-state index contributed by atoms with van der Waals surface area (Å²) in [6, 6.07) is 11.8. The molecule has 4 heterocycles. The molecule has 0 spiro atoms. The molecular weight excluding hydrogens is 420 g/mol. The molecular formula is C25H29N4O4-. The van der Waals surface area contributed by atoms with Gasteiger partial charge in [-0.3, -0.25) is 14.8 Å². The van der Waals surface area contributed by atoms with Crippen LogP contribution in [0.5, 0.6) is 0 Å². The van der Waals surface area contributed by atoms with Gasteiger partial charge in [0.1, 0.15) is 5.69 Å². The minimum Gasteiger partial charge on any atom is -0.733 e. The molecule has 33 heavy (non-hydrogen) atoms. The number of piperidine rings is 1. The number of amides is 1. The number of benzene rings is 1. The van der Waals surface area contributed by atoms with Gasteiger partial charge in [-0.2, -0.15) is 0 Å². The van der Waals surface area contributed by atoms with Gasteiger partial charge >= 0.3 is 0 Å². The summed E-state index contributed by atoms with van der Waals surface area (Å²) < 4.78 is 3.86. The van der Waals surface area contributed by atoms with Crippen molar-refractivity contribution in [2.24, 2.45) is 5.92 Å². The van der Waals surface area contributed by atoms with E-state index in [0.717, 1.165) is 12.1 Å². The molecule has 0 radical (unpaired) electrons. The van der Waals surface area contributed by atoms with Gasteiger partial charge in [0.05, 0.1) is 0 Å². The van der Waals surface area contributed by atoms with Crippen molar-refractivity contribution < 1.29 is 10.0 Å². The van der Waals surface area contributed by atoms with Crippen molar-refractivity contribution in [2.45, 2.75) is 51.6 Å². The highest BCUT2D eigenvalue weighted by atomic mass is 16.8. The fourth-order valence-electron chi connectivity index (χ4n) is 5.59. The molecule has 174 valence electrons. The summed E-state index contributed by atoms with van der Waals surface area (Å²) >= 11 is 0. The molecule has 1 saturated heterocycles. The van der Waals surface area contributed by atoms with E-state index in [1.54, 1.807) is 10.6 Å². The first-order valence-corrected chi connectivity index (χ1v) is 11.6. The van der Waals surface area contributed by atoms with Crippen LogP contribution >= 0.6 is 0 Å². The van der Waals surface area contributed by atoms with Crippen LogP contribution in [0.1, 0.15) is 49.9 Å². The van der Waals surface area contributed by atoms with Crippen molar-refractivity contribution in [2.75, 3.05) is 18.3 Å². The number of anilines is 1. The highest BCUT2D eigenvalue weighted by molar-refractivity contribution is 5.85. The number of carbonyl (C=O) groups is 1. The predicted molar refractivity (Wildman–Crippen MR) is 126 cm³/mol. The lowest BCUT2D eigenvalue weighted by molar-refractivity contribution is -0.133. The molecule has 0 saturated carbocycles. The summed E-state index contributed by atoms with van der Waals surface area (Å²) in [5, 5.41) is 21.3. The van der Waals surface area contributed by atoms with Gasteiger partial charge in [-0.1, -0.05) is 18.2 Å². The summed E-state index contributed by atoms with van der Waals surface area (Å²) in [5.41, 5.74) is 2.48. The summed E-state index contributed by atoms with van der Waals surface area (Å²) in [7, 11) is 0. The predicted octanol–water partition coefficient (Wildman–Crippen LogP) is 3.66. The topological polar surface area (TPSA) is 93.8 Å². The minimum atomic E-state index is -0.471. The van der Waals surface area contributed by atoms with Crippen LogP contribution in [0.15, 0.2) is 47.4 Å². The number of hydrogen-bond donors (Lipinski definition) is 1. The Kier molecular flexibility index (Phi) is 5.50. The number of rotatable bonds is 5. The zero-order chi connectivity index (χ0) is 23.3. The first-order chi connectivity index (χ1) is 15.8. The number of para-hydroxylation sites is 1. The van der Waals surface area contributed by atoms with E-state index in [0.29, 0.717) is 38.5 Å². The highest BCUT2D eigenvalue weighted by Gasteiger charge is 2.36. The van der Waals surface area contributed by atoms with Gasteiger partial charge in [0, 0.05) is 60.8 Å². The number of carbonyl (C=O) groups excluding carboxylic acids is 1. The third kappa shape index (κ3) is 3.83. The molecule has 1 N–H and O–H groups in total. The third-order valence-corrected chi connectivity index (χ3v) is 7.13. The fraction of sp³-hybridized carbons (Fsp3) is 0.440. The van der Waals surface area contributed by atoms with Gasteiger partial charge in [-0.25, -0.2) is 0 Å². The maximum Gasteiger partial charge on any atom is 0.275 e. The Morgan fingerprint density at radius 1 is 1.18 bits per heavy atom. The second-order valence-electron chi connectivity index (χ2n) is 9.60. The van der Waals surface area contributed by atoms with Crippen LogP contribution < -0.4 is 10.8 Å². The van der Waals surface area contributed by atoms with E-state index in [9.17, 15) is 20.0 Å². The molecule has 2 aliphatic rings. The van der Waals surface area contributed by atoms with E-state index < -0.39 is 5.56 Å². The van der Waals surface area contributed by atoms with Crippen LogP contribution in [-0.4, -0.2) is 38.2 Å². The van der Waals surface area contributed by atoms with E-state index in [2.05, 4.69) is 36.7 Å². The molecule has 5 rings (SSSR count). The molecule has 8 heteroatoms. The Morgan fingerprint density at radius 3 is 2.73 bits per heavy atom. The van der Waals surface area contributed by atoms with Crippen molar-refractivity contribution in [3.05, 3.63) is 69.4 Å². The zero-order valence-electron chi connectivity index (χ0n) is 19.0. The van der Waals surface area contributed by atoms with Crippen molar-refractivity contribution in [1.29, 1.82) is 0 Å². The quantitative estimate of drug-likeness (QED) is 0.600. The molecule has 2 aliphatic heterocycles. The van der Waals surface area contributed by atoms with Crippen LogP contribution in [0.4, 0.5) is 5.69 Å². The Balaban J connectivity index is 1.32. The average molecular weight is 450 g/mol. The fourth-order valence-corrected chi connectivity index (χ4v) is 5.59. The maximum absolute atomic E-state index is 13.2. The van der Waals surface area contributed by atoms with Crippen molar-refractivity contribution >= 4 is 22.5 Å². The highest BCUT2D eigenvalue weighted by Crippen LogP contribution is 2.36. The van der Waals surface area contributed by atoms with Crippen LogP contribution in [0, 0.1) is 11.1 Å². The van der Waals surface area contributed by atoms with E-state index in [4.69, 9.17) is 0 Å². The van der Waals surface area contributed by atoms with Gasteiger partial charge < -0.3 is 24.5 Å². The number of fused-ring (bicyclic) bond motifs is 5. The Hall–Kier alpha value is -3.10. The lowest BCUT2D eigenvalue weighted by atomic mass is 9.83. The Bertz CT molecular complexity index is 1260. The molecule has 2 bridgehead atoms. The molecule has 1 fully saturated rings. The molecule has 1 aromatic carbocycles. The molecule has 1 amide bonds. The van der Waals surface area contributed by atoms with E-state index in [1.807, 2.05) is 17.0 Å². The smallest absolute Gasteiger partial charge is 0.275 e. The van der Waals surface area contributed by atoms with Crippen LogP contribution in [0.3, 0.4) is 0 Å². The number of pyridine rings is 1. The van der Waals surface area contributed by atoms with Crippen LogP contribution in [-0.2, 0) is 17.8 Å². The SMILES string of the molecule is CC(C)n1cc(CCC(=O)N2C[C@@H]3C[C@@H](C2)c2ccc(N([O-])O)c(=O)n2C3)c2ccccc21. The summed E-state index contributed by atoms with van der Waals surface area (Å²) in [6.45, 7) is 5.96. The lowest BCUT2D eigenvalue weighted by Gasteiger charge is -2.43. The Morgan fingerprint density at radius 2 is 1.97 bits per heavy atom. The second kappa shape index (κ2) is 8.35. The normalized spacial score (nSPS) is 19.7. The van der Waals surface area contributed by atoms with E-state index >= 15 is 0 Å². The number of hydrogen-bond acceptors (Lipinski definition) is 5. The third-order valence-electron chi connectivity index (χ3n) is 7.13. The van der Waals surface area contributed by atoms with Crippen LogP contribution in [0.25, 0.3) is 10.9 Å². The first kappa shape index (κ1) is 21.7. The molecule has 3 aromatic rings. The molecule has 8 nitrogen and oxygen atoms in total. The summed E-state index contributed by atoms with van der Waals surface area (Å²) in [5.74, 6) is 0.360. The molecule has 2 aromatic heterocycles. The minimum absolute atomic E-state index is 0.0600. The Labute approximate surface area is 192 Å². The molecule has 2 atom stereocenters. The number of aryl methyl sites for hydroxylation is 1. The zero-order valence-corrected chi connectivity index (χ0v) is 19.0. The molecule has 0 aliphatic carbocycles. The summed E-state index contributed by atoms with van der Waals surface area (Å²) in [4.78, 5) is 27.7. The number of nitrogens with zero attached hydrogens (tertiary/aromatic N) is 4. The van der Waals surface area contributed by atoms with Gasteiger partial charge in [0.25, 0.3) is 5.56 Å². The number of aromatic nitrogens is 2. The van der Waals surface area contributed by atoms with Gasteiger partial charge in [0.15, 0.2) is 0 Å². The van der Waals surface area contributed by atoms with E-state index in [1.165, 1.54) is 22.5 Å². The maximum atomic E-state index is 13.2. The van der Waals surface area contributed by atoms with E-state index in [-0.39, 0.29) is 28.7 Å². The second-order valence-corrected chi connectivity index (χ2v) is 9.60. The largest absolute Gasteiger partial charge is 0.733 e. The van der Waals surface area contributed by atoms with Gasteiger partial charge in [0.2, 0.25) is 5.91 Å². The van der Waals surface area contributed by atoms with Gasteiger partial charge in [-0.15, -0.1) is 0 Å². The van der Waals surface area contributed by atoms with Crippen molar-refractivity contribution in [3.8, 4) is 0 Å². The monoisotopic (exact) mass is 449 g/mol. The number of likely N-dealkylation sites (tertiary alicyclic amines) is 1. The first-order valence-electron chi connectivity index (χ1n) is 11.6. The molecule has 0 unspecified atom stereocenters. The lowest BCUT2D eigenvalue weighted by Crippen LogP contribution is -2.49.